The third-order valence-corrected chi connectivity index (χ3v) is 0.963. The van der Waals surface area contributed by atoms with Gasteiger partial charge >= 0.3 is 0 Å². The molecule has 0 aliphatic carbocycles. The van der Waals surface area contributed by atoms with E-state index in [1.165, 1.54) is 0 Å². The predicted molar refractivity (Wildman–Crippen MR) is 43.1 cm³/mol. The zero-order chi connectivity index (χ0) is 7.98. The van der Waals surface area contributed by atoms with Gasteiger partial charge in [-0.25, -0.2) is 0 Å². The van der Waals surface area contributed by atoms with E-state index < -0.39 is 0 Å². The second-order valence-corrected chi connectivity index (χ2v) is 1.83. The molecule has 0 aromatic carbocycles. The van der Waals surface area contributed by atoms with Gasteiger partial charge in [0.1, 0.15) is 5.76 Å². The first-order valence-electron chi connectivity index (χ1n) is 3.20. The van der Waals surface area contributed by atoms with Crippen molar-refractivity contribution in [2.24, 2.45) is 4.99 Å². The molecule has 0 saturated heterocycles. The average Bonchev–Trinajstić information content (AvgIpc) is 1.88. The number of rotatable bonds is 1. The smallest absolute Gasteiger partial charge is 0.187 e. The van der Waals surface area contributed by atoms with E-state index in [0.717, 1.165) is 5.76 Å². The van der Waals surface area contributed by atoms with Crippen LogP contribution in [0.2, 0.25) is 0 Å². The largest absolute Gasteiger partial charge is 0.440 e. The van der Waals surface area contributed by atoms with Crippen LogP contribution in [0.1, 0.15) is 20.8 Å². The van der Waals surface area contributed by atoms with Gasteiger partial charge in [0.15, 0.2) is 5.90 Å². The summed E-state index contributed by atoms with van der Waals surface area (Å²) in [5.41, 5.74) is 2.90. The Kier molecular flexibility index (Phi) is 4.34. The molecule has 0 fully saturated rings. The fourth-order valence-electron chi connectivity index (χ4n) is 0.500. The highest BCUT2D eigenvalue weighted by molar-refractivity contribution is 5.73. The summed E-state index contributed by atoms with van der Waals surface area (Å²) in [6.07, 6.45) is 1.80. The molecule has 0 aromatic heterocycles. The zero-order valence-corrected chi connectivity index (χ0v) is 6.93. The van der Waals surface area contributed by atoms with E-state index >= 15 is 0 Å². The maximum atomic E-state index is 5.16. The van der Waals surface area contributed by atoms with Crippen molar-refractivity contribution in [3.63, 3.8) is 0 Å². The van der Waals surface area contributed by atoms with Crippen LogP contribution in [0, 0.1) is 0 Å². The molecule has 0 saturated carbocycles. The molecule has 0 aromatic rings. The Balaban J connectivity index is 4.05. The van der Waals surface area contributed by atoms with Crippen molar-refractivity contribution in [2.75, 3.05) is 7.05 Å². The number of ether oxygens (including phenoxy) is 1. The van der Waals surface area contributed by atoms with Crippen molar-refractivity contribution in [3.8, 4) is 0 Å². The molecule has 0 amide bonds. The van der Waals surface area contributed by atoms with Crippen LogP contribution < -0.4 is 0 Å². The highest BCUT2D eigenvalue weighted by Gasteiger charge is 1.88. The summed E-state index contributed by atoms with van der Waals surface area (Å²) >= 11 is 0. The van der Waals surface area contributed by atoms with Crippen molar-refractivity contribution in [3.05, 3.63) is 17.6 Å². The molecule has 0 rings (SSSR count). The molecule has 56 valence electrons. The quantitative estimate of drug-likeness (QED) is 0.236. The lowest BCUT2D eigenvalue weighted by Crippen LogP contribution is -1.95. The number of aliphatic imine (C=N–C) groups is 1. The molecule has 0 unspecified atom stereocenters. The third-order valence-electron chi connectivity index (χ3n) is 0.963. The van der Waals surface area contributed by atoms with Gasteiger partial charge in [0.2, 0.25) is 0 Å². The molecular weight excluding hydrogens is 126 g/mol. The highest BCUT2D eigenvalue weighted by atomic mass is 16.5. The summed E-state index contributed by atoms with van der Waals surface area (Å²) in [6, 6.07) is 0. The monoisotopic (exact) mass is 139 g/mol. The first-order valence-corrected chi connectivity index (χ1v) is 3.20. The normalized spacial score (nSPS) is 10.2. The molecule has 0 aliphatic heterocycles. The molecular formula is C8H13NO. The lowest BCUT2D eigenvalue weighted by atomic mass is 10.5. The summed E-state index contributed by atoms with van der Waals surface area (Å²) in [5, 5.41) is 0. The van der Waals surface area contributed by atoms with Crippen molar-refractivity contribution in [1.29, 1.82) is 0 Å². The Labute approximate surface area is 61.9 Å². The van der Waals surface area contributed by atoms with E-state index in [9.17, 15) is 0 Å². The molecule has 0 heterocycles. The number of allylic oxidation sites excluding steroid dienone is 1. The molecule has 0 aliphatic rings. The number of hydrogen-bond acceptors (Lipinski definition) is 2. The summed E-state index contributed by atoms with van der Waals surface area (Å²) < 4.78 is 5.16. The number of nitrogens with zero attached hydrogens (tertiary/aromatic N) is 1. The van der Waals surface area contributed by atoms with E-state index in [4.69, 9.17) is 4.74 Å². The summed E-state index contributed by atoms with van der Waals surface area (Å²) in [4.78, 5) is 3.83. The molecule has 0 N–H and O–H groups in total. The first-order chi connectivity index (χ1) is 4.70. The van der Waals surface area contributed by atoms with E-state index in [1.54, 1.807) is 20.0 Å². The maximum Gasteiger partial charge on any atom is 0.187 e. The molecule has 2 heteroatoms. The van der Waals surface area contributed by atoms with Gasteiger partial charge < -0.3 is 4.74 Å². The van der Waals surface area contributed by atoms with E-state index in [2.05, 4.69) is 10.7 Å². The van der Waals surface area contributed by atoms with Crippen LogP contribution in [0.3, 0.4) is 0 Å². The minimum atomic E-state index is 0.659. The minimum Gasteiger partial charge on any atom is -0.440 e. The van der Waals surface area contributed by atoms with E-state index in [1.807, 2.05) is 13.8 Å². The van der Waals surface area contributed by atoms with Gasteiger partial charge in [0, 0.05) is 20.9 Å². The van der Waals surface area contributed by atoms with Crippen molar-refractivity contribution < 1.29 is 4.74 Å². The van der Waals surface area contributed by atoms with Crippen LogP contribution in [-0.2, 0) is 4.74 Å². The Bertz CT molecular complexity index is 185. The van der Waals surface area contributed by atoms with Gasteiger partial charge in [-0.05, 0) is 13.0 Å². The Hall–Kier alpha value is -1.01. The highest BCUT2D eigenvalue weighted by Crippen LogP contribution is 1.93. The lowest BCUT2D eigenvalue weighted by molar-refractivity contribution is 0.414. The molecule has 2 nitrogen and oxygen atoms in total. The summed E-state index contributed by atoms with van der Waals surface area (Å²) in [5.74, 6) is 1.40. The zero-order valence-electron chi connectivity index (χ0n) is 6.93. The van der Waals surface area contributed by atoms with Gasteiger partial charge in [-0.1, -0.05) is 5.73 Å². The van der Waals surface area contributed by atoms with E-state index in [-0.39, 0.29) is 0 Å². The Morgan fingerprint density at radius 3 is 2.50 bits per heavy atom. The third kappa shape index (κ3) is 3.93. The molecule has 0 bridgehead atoms. The van der Waals surface area contributed by atoms with Gasteiger partial charge in [0.25, 0.3) is 0 Å². The molecule has 0 radical (unpaired) electrons. The van der Waals surface area contributed by atoms with Gasteiger partial charge in [-0.15, -0.1) is 0 Å². The minimum absolute atomic E-state index is 0.659. The van der Waals surface area contributed by atoms with Crippen molar-refractivity contribution in [1.82, 2.24) is 0 Å². The SMILES string of the molecule is CC=C=C(C)OC(C)=NC. The van der Waals surface area contributed by atoms with Crippen LogP contribution in [0.15, 0.2) is 22.6 Å². The predicted octanol–water partition coefficient (Wildman–Crippen LogP) is 2.13. The van der Waals surface area contributed by atoms with Gasteiger partial charge in [-0.3, -0.25) is 4.99 Å². The molecule has 0 atom stereocenters. The van der Waals surface area contributed by atoms with Crippen LogP contribution in [0.5, 0.6) is 0 Å². The standard InChI is InChI=1S/C8H13NO/c1-5-6-7(2)10-8(3)9-4/h5H,1-4H3. The van der Waals surface area contributed by atoms with Gasteiger partial charge in [0.05, 0.1) is 0 Å². The fourth-order valence-corrected chi connectivity index (χ4v) is 0.500. The Morgan fingerprint density at radius 2 is 2.10 bits per heavy atom. The Morgan fingerprint density at radius 1 is 1.50 bits per heavy atom. The van der Waals surface area contributed by atoms with Crippen LogP contribution >= 0.6 is 0 Å². The first kappa shape index (κ1) is 8.99. The second kappa shape index (κ2) is 4.83. The maximum absolute atomic E-state index is 5.16. The molecule has 10 heavy (non-hydrogen) atoms. The van der Waals surface area contributed by atoms with Crippen LogP contribution in [-0.4, -0.2) is 12.9 Å². The van der Waals surface area contributed by atoms with Crippen LogP contribution in [0.25, 0.3) is 0 Å². The van der Waals surface area contributed by atoms with Crippen LogP contribution in [0.4, 0.5) is 0 Å². The summed E-state index contributed by atoms with van der Waals surface area (Å²) in [6.45, 7) is 5.54. The van der Waals surface area contributed by atoms with E-state index in [0.29, 0.717) is 5.90 Å². The fraction of sp³-hybridized carbons (Fsp3) is 0.500. The molecule has 0 spiro atoms. The lowest BCUT2D eigenvalue weighted by Gasteiger charge is -1.99. The average molecular weight is 139 g/mol. The number of hydrogen-bond donors (Lipinski definition) is 0. The second-order valence-electron chi connectivity index (χ2n) is 1.83. The summed E-state index contributed by atoms with van der Waals surface area (Å²) in [7, 11) is 1.69. The van der Waals surface area contributed by atoms with Crippen molar-refractivity contribution >= 4 is 5.90 Å². The van der Waals surface area contributed by atoms with Gasteiger partial charge in [-0.2, -0.15) is 0 Å². The topological polar surface area (TPSA) is 21.6 Å². The van der Waals surface area contributed by atoms with Crippen molar-refractivity contribution in [2.45, 2.75) is 20.8 Å².